The van der Waals surface area contributed by atoms with Crippen LogP contribution in [0.2, 0.25) is 0 Å². The van der Waals surface area contributed by atoms with Crippen molar-refractivity contribution in [1.82, 2.24) is 10.3 Å². The molecule has 0 aromatic carbocycles. The Morgan fingerprint density at radius 3 is 2.87 bits per heavy atom. The molecule has 0 saturated carbocycles. The standard InChI is InChI=1S/C13H20N2/c1-5-11-7-6-8-15-13(11)12(14-4)9-10(2)3/h6-8,12,14H,2,5,9H2,1,3-4H3. The number of hydrogen-bond acceptors (Lipinski definition) is 2. The number of aryl methyl sites for hydroxylation is 1. The average Bonchev–Trinajstić information content (AvgIpc) is 2.25. The molecule has 0 aliphatic carbocycles. The molecular weight excluding hydrogens is 184 g/mol. The molecule has 1 aromatic heterocycles. The van der Waals surface area contributed by atoms with Gasteiger partial charge in [-0.1, -0.05) is 18.6 Å². The Hall–Kier alpha value is -1.15. The lowest BCUT2D eigenvalue weighted by molar-refractivity contribution is 0.568. The van der Waals surface area contributed by atoms with Crippen LogP contribution in [-0.2, 0) is 6.42 Å². The highest BCUT2D eigenvalue weighted by Gasteiger charge is 2.13. The second kappa shape index (κ2) is 5.66. The smallest absolute Gasteiger partial charge is 0.0608 e. The van der Waals surface area contributed by atoms with E-state index in [9.17, 15) is 0 Å². The van der Waals surface area contributed by atoms with Gasteiger partial charge in [0.1, 0.15) is 0 Å². The van der Waals surface area contributed by atoms with Crippen molar-refractivity contribution in [1.29, 1.82) is 0 Å². The summed E-state index contributed by atoms with van der Waals surface area (Å²) in [6.07, 6.45) is 3.83. The van der Waals surface area contributed by atoms with E-state index in [1.54, 1.807) is 0 Å². The fraction of sp³-hybridized carbons (Fsp3) is 0.462. The van der Waals surface area contributed by atoms with Gasteiger partial charge in [-0.15, -0.1) is 6.58 Å². The molecule has 1 aromatic rings. The van der Waals surface area contributed by atoms with Crippen LogP contribution in [0, 0.1) is 0 Å². The van der Waals surface area contributed by atoms with Gasteiger partial charge in [-0.05, 0) is 38.4 Å². The monoisotopic (exact) mass is 204 g/mol. The van der Waals surface area contributed by atoms with Crippen LogP contribution in [0.4, 0.5) is 0 Å². The second-order valence-corrected chi connectivity index (χ2v) is 3.90. The van der Waals surface area contributed by atoms with Crippen molar-refractivity contribution < 1.29 is 0 Å². The molecule has 0 radical (unpaired) electrons. The van der Waals surface area contributed by atoms with Crippen molar-refractivity contribution in [3.63, 3.8) is 0 Å². The SMILES string of the molecule is C=C(C)CC(NC)c1ncccc1CC. The lowest BCUT2D eigenvalue weighted by Gasteiger charge is -2.18. The second-order valence-electron chi connectivity index (χ2n) is 3.90. The van der Waals surface area contributed by atoms with Crippen molar-refractivity contribution in [2.24, 2.45) is 0 Å². The van der Waals surface area contributed by atoms with E-state index in [2.05, 4.69) is 36.8 Å². The predicted molar refractivity (Wildman–Crippen MR) is 64.8 cm³/mol. The number of hydrogen-bond donors (Lipinski definition) is 1. The molecule has 1 unspecified atom stereocenters. The van der Waals surface area contributed by atoms with Crippen molar-refractivity contribution >= 4 is 0 Å². The lowest BCUT2D eigenvalue weighted by Crippen LogP contribution is -2.19. The Kier molecular flexibility index (Phi) is 4.50. The van der Waals surface area contributed by atoms with E-state index in [1.807, 2.05) is 19.3 Å². The van der Waals surface area contributed by atoms with Crippen LogP contribution in [0.5, 0.6) is 0 Å². The summed E-state index contributed by atoms with van der Waals surface area (Å²) in [6, 6.07) is 4.43. The Labute approximate surface area is 92.4 Å². The third-order valence-electron chi connectivity index (χ3n) is 2.54. The molecule has 1 atom stereocenters. The summed E-state index contributed by atoms with van der Waals surface area (Å²) in [7, 11) is 1.97. The molecular formula is C13H20N2. The average molecular weight is 204 g/mol. The van der Waals surface area contributed by atoms with Crippen LogP contribution < -0.4 is 5.32 Å². The molecule has 1 N–H and O–H groups in total. The molecule has 15 heavy (non-hydrogen) atoms. The number of pyridine rings is 1. The van der Waals surface area contributed by atoms with E-state index < -0.39 is 0 Å². The van der Waals surface area contributed by atoms with Crippen molar-refractivity contribution in [3.8, 4) is 0 Å². The Morgan fingerprint density at radius 1 is 1.60 bits per heavy atom. The zero-order chi connectivity index (χ0) is 11.3. The quantitative estimate of drug-likeness (QED) is 0.746. The van der Waals surface area contributed by atoms with Gasteiger partial charge < -0.3 is 5.32 Å². The van der Waals surface area contributed by atoms with Crippen LogP contribution in [0.3, 0.4) is 0 Å². The first-order valence-corrected chi connectivity index (χ1v) is 5.44. The van der Waals surface area contributed by atoms with Gasteiger partial charge in [-0.25, -0.2) is 0 Å². The molecule has 0 aliphatic heterocycles. The third kappa shape index (κ3) is 3.17. The minimum atomic E-state index is 0.290. The Bertz CT molecular complexity index is 331. The Balaban J connectivity index is 2.95. The first-order valence-electron chi connectivity index (χ1n) is 5.44. The van der Waals surface area contributed by atoms with Gasteiger partial charge in [0.05, 0.1) is 11.7 Å². The highest BCUT2D eigenvalue weighted by Crippen LogP contribution is 2.21. The minimum Gasteiger partial charge on any atom is -0.311 e. The number of nitrogens with zero attached hydrogens (tertiary/aromatic N) is 1. The van der Waals surface area contributed by atoms with E-state index in [4.69, 9.17) is 0 Å². The maximum Gasteiger partial charge on any atom is 0.0608 e. The van der Waals surface area contributed by atoms with E-state index in [0.717, 1.165) is 18.5 Å². The van der Waals surface area contributed by atoms with Gasteiger partial charge >= 0.3 is 0 Å². The number of nitrogens with one attached hydrogen (secondary N) is 1. The minimum absolute atomic E-state index is 0.290. The summed E-state index contributed by atoms with van der Waals surface area (Å²) in [4.78, 5) is 4.47. The maximum absolute atomic E-state index is 4.47. The first-order chi connectivity index (χ1) is 7.19. The van der Waals surface area contributed by atoms with Crippen molar-refractivity contribution in [3.05, 3.63) is 41.7 Å². The maximum atomic E-state index is 4.47. The molecule has 0 aliphatic rings. The molecule has 0 fully saturated rings. The summed E-state index contributed by atoms with van der Waals surface area (Å²) in [5.74, 6) is 0. The van der Waals surface area contributed by atoms with Crippen LogP contribution in [0.25, 0.3) is 0 Å². The summed E-state index contributed by atoms with van der Waals surface area (Å²) in [5, 5.41) is 3.30. The van der Waals surface area contributed by atoms with Crippen molar-refractivity contribution in [2.75, 3.05) is 7.05 Å². The number of rotatable bonds is 5. The van der Waals surface area contributed by atoms with E-state index >= 15 is 0 Å². The first kappa shape index (κ1) is 11.9. The topological polar surface area (TPSA) is 24.9 Å². The fourth-order valence-electron chi connectivity index (χ4n) is 1.75. The Morgan fingerprint density at radius 2 is 2.33 bits per heavy atom. The van der Waals surface area contributed by atoms with Gasteiger partial charge in [0.25, 0.3) is 0 Å². The summed E-state index contributed by atoms with van der Waals surface area (Å²) < 4.78 is 0. The summed E-state index contributed by atoms with van der Waals surface area (Å²) >= 11 is 0. The normalized spacial score (nSPS) is 12.5. The summed E-state index contributed by atoms with van der Waals surface area (Å²) in [5.41, 5.74) is 3.66. The molecule has 2 heteroatoms. The van der Waals surface area contributed by atoms with E-state index in [-0.39, 0.29) is 0 Å². The molecule has 1 heterocycles. The van der Waals surface area contributed by atoms with Gasteiger partial charge in [0.2, 0.25) is 0 Å². The zero-order valence-corrected chi connectivity index (χ0v) is 9.88. The van der Waals surface area contributed by atoms with Crippen molar-refractivity contribution in [2.45, 2.75) is 32.7 Å². The molecule has 0 bridgehead atoms. The van der Waals surface area contributed by atoms with Crippen LogP contribution >= 0.6 is 0 Å². The molecule has 2 nitrogen and oxygen atoms in total. The molecule has 82 valence electrons. The number of aromatic nitrogens is 1. The lowest BCUT2D eigenvalue weighted by atomic mass is 10.00. The molecule has 1 rings (SSSR count). The van der Waals surface area contributed by atoms with Crippen LogP contribution in [0.1, 0.15) is 37.6 Å². The van der Waals surface area contributed by atoms with Gasteiger partial charge in [0.15, 0.2) is 0 Å². The van der Waals surface area contributed by atoms with Gasteiger partial charge in [-0.3, -0.25) is 4.98 Å². The molecule has 0 amide bonds. The van der Waals surface area contributed by atoms with Crippen LogP contribution in [0.15, 0.2) is 30.5 Å². The fourth-order valence-corrected chi connectivity index (χ4v) is 1.75. The highest BCUT2D eigenvalue weighted by atomic mass is 14.9. The summed E-state index contributed by atoms with van der Waals surface area (Å²) in [6.45, 7) is 8.17. The van der Waals surface area contributed by atoms with E-state index in [0.29, 0.717) is 6.04 Å². The molecule has 0 spiro atoms. The zero-order valence-electron chi connectivity index (χ0n) is 9.88. The van der Waals surface area contributed by atoms with Gasteiger partial charge in [0, 0.05) is 6.20 Å². The van der Waals surface area contributed by atoms with Gasteiger partial charge in [-0.2, -0.15) is 0 Å². The highest BCUT2D eigenvalue weighted by molar-refractivity contribution is 5.23. The largest absolute Gasteiger partial charge is 0.311 e. The predicted octanol–water partition coefficient (Wildman–Crippen LogP) is 2.87. The van der Waals surface area contributed by atoms with Crippen LogP contribution in [-0.4, -0.2) is 12.0 Å². The third-order valence-corrected chi connectivity index (χ3v) is 2.54. The van der Waals surface area contributed by atoms with E-state index in [1.165, 1.54) is 11.1 Å². The molecule has 0 saturated heterocycles.